The average Bonchev–Trinajstić information content (AvgIpc) is 2.50. The smallest absolute Gasteiger partial charge is 0.313 e. The molecule has 5 nitrogen and oxygen atoms in total. The quantitative estimate of drug-likeness (QED) is 0.717. The first kappa shape index (κ1) is 25.5. The number of ether oxygens (including phenoxy) is 1. The van der Waals surface area contributed by atoms with Crippen molar-refractivity contribution in [3.05, 3.63) is 24.0 Å². The lowest BCUT2D eigenvalue weighted by Crippen LogP contribution is -2.47. The summed E-state index contributed by atoms with van der Waals surface area (Å²) < 4.78 is 5.29. The maximum absolute atomic E-state index is 12.3. The van der Waals surface area contributed by atoms with Gasteiger partial charge in [0.15, 0.2) is 0 Å². The minimum atomic E-state index is -0.391. The number of nitrogens with zero attached hydrogens (tertiary/aromatic N) is 1. The molecule has 0 radical (unpaired) electrons. The van der Waals surface area contributed by atoms with E-state index < -0.39 is 5.41 Å². The number of esters is 1. The predicted octanol–water partition coefficient (Wildman–Crippen LogP) is 3.39. The Morgan fingerprint density at radius 1 is 1.42 bits per heavy atom. The van der Waals surface area contributed by atoms with Crippen molar-refractivity contribution < 1.29 is 9.53 Å². The molecular weight excluding hydrogens is 373 g/mol. The summed E-state index contributed by atoms with van der Waals surface area (Å²) in [6, 6.07) is 1.98. The van der Waals surface area contributed by atoms with Crippen LogP contribution in [0.4, 0.5) is 5.69 Å². The Hall–Kier alpha value is -0.750. The van der Waals surface area contributed by atoms with Crippen LogP contribution in [0.5, 0.6) is 0 Å². The van der Waals surface area contributed by atoms with E-state index >= 15 is 0 Å². The third-order valence-corrected chi connectivity index (χ3v) is 4.14. The van der Waals surface area contributed by atoms with E-state index in [0.29, 0.717) is 13.2 Å². The molecule has 140 valence electrons. The van der Waals surface area contributed by atoms with Gasteiger partial charge in [-0.1, -0.05) is 0 Å². The van der Waals surface area contributed by atoms with Crippen molar-refractivity contribution in [1.82, 2.24) is 10.3 Å². The Morgan fingerprint density at radius 2 is 2.17 bits per heavy atom. The van der Waals surface area contributed by atoms with E-state index in [9.17, 15) is 4.79 Å². The first-order valence-corrected chi connectivity index (χ1v) is 7.70. The summed E-state index contributed by atoms with van der Waals surface area (Å²) in [4.78, 5) is 16.5. The number of piperidine rings is 1. The molecule has 1 saturated heterocycles. The Balaban J connectivity index is 0. The van der Waals surface area contributed by atoms with Gasteiger partial charge >= 0.3 is 5.97 Å². The van der Waals surface area contributed by atoms with Crippen LogP contribution in [-0.2, 0) is 9.53 Å². The van der Waals surface area contributed by atoms with Crippen LogP contribution >= 0.6 is 37.2 Å². The molecule has 2 heterocycles. The van der Waals surface area contributed by atoms with E-state index in [0.717, 1.165) is 43.6 Å². The highest BCUT2D eigenvalue weighted by Gasteiger charge is 2.40. The first-order chi connectivity index (χ1) is 10.2. The van der Waals surface area contributed by atoms with Crippen LogP contribution in [0.2, 0.25) is 0 Å². The highest BCUT2D eigenvalue weighted by molar-refractivity contribution is 5.86. The molecule has 0 spiro atoms. The van der Waals surface area contributed by atoms with E-state index in [4.69, 9.17) is 4.74 Å². The highest BCUT2D eigenvalue weighted by Crippen LogP contribution is 2.32. The lowest BCUT2D eigenvalue weighted by atomic mass is 9.77. The zero-order chi connectivity index (χ0) is 15.1. The second kappa shape index (κ2) is 12.6. The number of hydrogen-bond acceptors (Lipinski definition) is 5. The fourth-order valence-electron chi connectivity index (χ4n) is 2.83. The van der Waals surface area contributed by atoms with E-state index in [1.807, 2.05) is 26.1 Å². The molecule has 2 rings (SSSR count). The van der Waals surface area contributed by atoms with Crippen molar-refractivity contribution in [3.8, 4) is 0 Å². The largest absolute Gasteiger partial charge is 0.466 e. The molecular formula is C16H28Cl3N3O2. The molecule has 0 amide bonds. The second-order valence-corrected chi connectivity index (χ2v) is 5.65. The topological polar surface area (TPSA) is 63.2 Å². The van der Waals surface area contributed by atoms with Gasteiger partial charge in [-0.2, -0.15) is 0 Å². The second-order valence-electron chi connectivity index (χ2n) is 5.65. The first-order valence-electron chi connectivity index (χ1n) is 7.70. The third-order valence-electron chi connectivity index (χ3n) is 4.14. The predicted molar refractivity (Wildman–Crippen MR) is 105 cm³/mol. The minimum Gasteiger partial charge on any atom is -0.466 e. The molecule has 8 heteroatoms. The van der Waals surface area contributed by atoms with Gasteiger partial charge in [0.05, 0.1) is 23.9 Å². The monoisotopic (exact) mass is 399 g/mol. The number of carbonyl (C=O) groups excluding carboxylic acids is 1. The van der Waals surface area contributed by atoms with Gasteiger partial charge in [0.2, 0.25) is 0 Å². The number of aromatic nitrogens is 1. The average molecular weight is 401 g/mol. The molecule has 1 atom stereocenters. The molecule has 1 aliphatic heterocycles. The van der Waals surface area contributed by atoms with Crippen LogP contribution in [-0.4, -0.2) is 37.2 Å². The van der Waals surface area contributed by atoms with Crippen LogP contribution in [0.15, 0.2) is 18.5 Å². The molecule has 1 aliphatic rings. The van der Waals surface area contributed by atoms with Crippen LogP contribution in [0.3, 0.4) is 0 Å². The van der Waals surface area contributed by atoms with Crippen LogP contribution in [0.1, 0.15) is 31.7 Å². The summed E-state index contributed by atoms with van der Waals surface area (Å²) in [6.07, 6.45) is 6.29. The number of pyridine rings is 1. The SMILES string of the molecule is CCOC(=O)C1(CCNc2cnccc2C)CCCNC1.Cl.Cl.Cl. The van der Waals surface area contributed by atoms with Crippen molar-refractivity contribution >= 4 is 48.9 Å². The third kappa shape index (κ3) is 6.63. The van der Waals surface area contributed by atoms with Gasteiger partial charge in [-0.3, -0.25) is 9.78 Å². The summed E-state index contributed by atoms with van der Waals surface area (Å²) in [7, 11) is 0. The highest BCUT2D eigenvalue weighted by atomic mass is 35.5. The number of nitrogens with one attached hydrogen (secondary N) is 2. The number of aryl methyl sites for hydroxylation is 1. The van der Waals surface area contributed by atoms with Crippen LogP contribution in [0, 0.1) is 12.3 Å². The molecule has 0 saturated carbocycles. The van der Waals surface area contributed by atoms with E-state index in [-0.39, 0.29) is 43.2 Å². The van der Waals surface area contributed by atoms with Gasteiger partial charge in [0.25, 0.3) is 0 Å². The number of hydrogen-bond donors (Lipinski definition) is 2. The molecule has 1 unspecified atom stereocenters. The Labute approximate surface area is 162 Å². The van der Waals surface area contributed by atoms with E-state index in [1.54, 1.807) is 6.20 Å². The standard InChI is InChI=1S/C16H25N3O2.3ClH/c1-3-21-15(20)16(6-4-8-18-12-16)7-10-19-14-11-17-9-5-13(14)2;;;/h5,9,11,18-19H,3-4,6-8,10,12H2,1-2H3;3*1H. The molecule has 1 aromatic rings. The molecule has 0 bridgehead atoms. The number of halogens is 3. The summed E-state index contributed by atoms with van der Waals surface area (Å²) >= 11 is 0. The molecule has 24 heavy (non-hydrogen) atoms. The lowest BCUT2D eigenvalue weighted by molar-refractivity contribution is -0.157. The van der Waals surface area contributed by atoms with Crippen molar-refractivity contribution in [3.63, 3.8) is 0 Å². The van der Waals surface area contributed by atoms with Gasteiger partial charge in [-0.05, 0) is 51.3 Å². The fraction of sp³-hybridized carbons (Fsp3) is 0.625. The van der Waals surface area contributed by atoms with Gasteiger partial charge < -0.3 is 15.4 Å². The molecule has 1 fully saturated rings. The van der Waals surface area contributed by atoms with Crippen molar-refractivity contribution in [1.29, 1.82) is 0 Å². The van der Waals surface area contributed by atoms with Gasteiger partial charge in [-0.15, -0.1) is 37.2 Å². The summed E-state index contributed by atoms with van der Waals surface area (Å²) in [6.45, 7) is 6.78. The maximum atomic E-state index is 12.3. The van der Waals surface area contributed by atoms with Crippen LogP contribution < -0.4 is 10.6 Å². The number of rotatable bonds is 6. The fourth-order valence-corrected chi connectivity index (χ4v) is 2.83. The Morgan fingerprint density at radius 3 is 2.75 bits per heavy atom. The lowest BCUT2D eigenvalue weighted by Gasteiger charge is -2.35. The van der Waals surface area contributed by atoms with Crippen molar-refractivity contribution in [2.75, 3.05) is 31.6 Å². The minimum absolute atomic E-state index is 0. The van der Waals surface area contributed by atoms with Gasteiger partial charge in [-0.25, -0.2) is 0 Å². The number of carbonyl (C=O) groups is 1. The molecule has 1 aromatic heterocycles. The zero-order valence-corrected chi connectivity index (χ0v) is 16.6. The molecule has 0 aliphatic carbocycles. The zero-order valence-electron chi connectivity index (χ0n) is 14.2. The normalized spacial score (nSPS) is 19.1. The van der Waals surface area contributed by atoms with E-state index in [1.165, 1.54) is 0 Å². The van der Waals surface area contributed by atoms with Crippen LogP contribution in [0.25, 0.3) is 0 Å². The maximum Gasteiger partial charge on any atom is 0.313 e. The summed E-state index contributed by atoms with van der Waals surface area (Å²) in [5.74, 6) is -0.0677. The van der Waals surface area contributed by atoms with Crippen molar-refractivity contribution in [2.24, 2.45) is 5.41 Å². The van der Waals surface area contributed by atoms with E-state index in [2.05, 4.69) is 15.6 Å². The number of anilines is 1. The molecule has 2 N–H and O–H groups in total. The van der Waals surface area contributed by atoms with Gasteiger partial charge in [0, 0.05) is 19.3 Å². The Kier molecular flexibility index (Phi) is 13.4. The summed E-state index contributed by atoms with van der Waals surface area (Å²) in [5.41, 5.74) is 1.80. The molecule has 0 aromatic carbocycles. The summed E-state index contributed by atoms with van der Waals surface area (Å²) in [5, 5.41) is 6.72. The van der Waals surface area contributed by atoms with Gasteiger partial charge in [0.1, 0.15) is 0 Å². The van der Waals surface area contributed by atoms with Crippen molar-refractivity contribution in [2.45, 2.75) is 33.1 Å². The Bertz CT molecular complexity index is 483.